The molecule has 0 saturated heterocycles. The number of hydrogen-bond donors (Lipinski definition) is 3. The van der Waals surface area contributed by atoms with Crippen molar-refractivity contribution in [2.75, 3.05) is 12.3 Å². The number of nitrogen functional groups attached to an aromatic ring is 1. The van der Waals surface area contributed by atoms with E-state index in [1.54, 1.807) is 7.05 Å². The van der Waals surface area contributed by atoms with Gasteiger partial charge < -0.3 is 16.2 Å². The number of nitrogens with zero attached hydrogens (tertiary/aromatic N) is 2. The van der Waals surface area contributed by atoms with Gasteiger partial charge in [0.25, 0.3) is 5.91 Å². The van der Waals surface area contributed by atoms with Crippen LogP contribution in [0, 0.1) is 0 Å². The summed E-state index contributed by atoms with van der Waals surface area (Å²) in [4.78, 5) is 21.4. The lowest BCUT2D eigenvalue weighted by Gasteiger charge is -2.00. The van der Waals surface area contributed by atoms with Crippen LogP contribution < -0.4 is 11.1 Å². The van der Waals surface area contributed by atoms with E-state index >= 15 is 0 Å². The maximum Gasteiger partial charge on any atom is 0.322 e. The number of aromatic nitrogens is 2. The molecule has 0 aliphatic rings. The first-order chi connectivity index (χ1) is 6.52. The molecule has 1 rings (SSSR count). The molecule has 0 spiro atoms. The lowest BCUT2D eigenvalue weighted by molar-refractivity contribution is -0.135. The van der Waals surface area contributed by atoms with Crippen LogP contribution in [0.3, 0.4) is 0 Å². The van der Waals surface area contributed by atoms with Crippen molar-refractivity contribution in [1.29, 1.82) is 0 Å². The minimum Gasteiger partial charge on any atom is -0.480 e. The topological polar surface area (TPSA) is 110 Å². The van der Waals surface area contributed by atoms with Gasteiger partial charge in [0, 0.05) is 7.05 Å². The number of hydrogen-bond acceptors (Lipinski definition) is 4. The molecule has 0 aliphatic carbocycles. The van der Waals surface area contributed by atoms with Crippen molar-refractivity contribution in [2.24, 2.45) is 7.05 Å². The average Bonchev–Trinajstić information content (AvgIpc) is 2.44. The standard InChI is InChI=1S/C7H10N4O3/c1-11-6(8)4(2-10-11)7(14)9-3-5(12)13/h2H,3,8H2,1H3,(H,9,14)(H,12,13). The summed E-state index contributed by atoms with van der Waals surface area (Å²) in [6.07, 6.45) is 1.28. The maximum absolute atomic E-state index is 11.3. The number of amides is 1. The summed E-state index contributed by atoms with van der Waals surface area (Å²) in [5, 5.41) is 14.2. The molecule has 0 atom stereocenters. The quantitative estimate of drug-likeness (QED) is 0.566. The fourth-order valence-corrected chi connectivity index (χ4v) is 0.873. The number of nitrogens with one attached hydrogen (secondary N) is 1. The predicted octanol–water partition coefficient (Wildman–Crippen LogP) is -1.18. The SMILES string of the molecule is Cn1ncc(C(=O)NCC(=O)O)c1N. The van der Waals surface area contributed by atoms with Gasteiger partial charge in [-0.25, -0.2) is 0 Å². The predicted molar refractivity (Wildman–Crippen MR) is 47.6 cm³/mol. The Morgan fingerprint density at radius 1 is 1.71 bits per heavy atom. The lowest BCUT2D eigenvalue weighted by atomic mass is 10.3. The first kappa shape index (κ1) is 10.0. The summed E-state index contributed by atoms with van der Waals surface area (Å²) in [5.41, 5.74) is 5.68. The second-order valence-corrected chi connectivity index (χ2v) is 2.64. The Balaban J connectivity index is 2.70. The summed E-state index contributed by atoms with van der Waals surface area (Å²) < 4.78 is 1.33. The van der Waals surface area contributed by atoms with Gasteiger partial charge in [-0.3, -0.25) is 14.3 Å². The van der Waals surface area contributed by atoms with E-state index in [1.807, 2.05) is 0 Å². The molecule has 0 radical (unpaired) electrons. The van der Waals surface area contributed by atoms with Crippen molar-refractivity contribution in [3.63, 3.8) is 0 Å². The molecule has 0 saturated carbocycles. The van der Waals surface area contributed by atoms with Crippen molar-refractivity contribution in [3.05, 3.63) is 11.8 Å². The van der Waals surface area contributed by atoms with Crippen molar-refractivity contribution in [2.45, 2.75) is 0 Å². The first-order valence-corrected chi connectivity index (χ1v) is 3.80. The van der Waals surface area contributed by atoms with Gasteiger partial charge in [-0.05, 0) is 0 Å². The molecule has 1 aromatic heterocycles. The number of nitrogens with two attached hydrogens (primary N) is 1. The molecular formula is C7H10N4O3. The third-order valence-corrected chi connectivity index (χ3v) is 1.63. The Hall–Kier alpha value is -2.05. The number of carbonyl (C=O) groups is 2. The van der Waals surface area contributed by atoms with E-state index < -0.39 is 18.4 Å². The van der Waals surface area contributed by atoms with E-state index in [2.05, 4.69) is 10.4 Å². The van der Waals surface area contributed by atoms with Gasteiger partial charge in [0.15, 0.2) is 0 Å². The Morgan fingerprint density at radius 2 is 2.36 bits per heavy atom. The molecule has 0 fully saturated rings. The van der Waals surface area contributed by atoms with Gasteiger partial charge in [-0.1, -0.05) is 0 Å². The summed E-state index contributed by atoms with van der Waals surface area (Å²) >= 11 is 0. The van der Waals surface area contributed by atoms with Gasteiger partial charge in [0.1, 0.15) is 17.9 Å². The van der Waals surface area contributed by atoms with E-state index in [0.29, 0.717) is 0 Å². The van der Waals surface area contributed by atoms with Gasteiger partial charge >= 0.3 is 5.97 Å². The highest BCUT2D eigenvalue weighted by Crippen LogP contribution is 2.08. The number of carboxylic acid groups (broad SMARTS) is 1. The first-order valence-electron chi connectivity index (χ1n) is 3.80. The summed E-state index contributed by atoms with van der Waals surface area (Å²) in [5.74, 6) is -1.45. The molecule has 0 aromatic carbocycles. The van der Waals surface area contributed by atoms with E-state index in [1.165, 1.54) is 10.9 Å². The molecule has 1 amide bonds. The lowest BCUT2D eigenvalue weighted by Crippen LogP contribution is -2.29. The highest BCUT2D eigenvalue weighted by molar-refractivity contribution is 5.99. The summed E-state index contributed by atoms with van der Waals surface area (Å²) in [6.45, 7) is -0.437. The largest absolute Gasteiger partial charge is 0.480 e. The highest BCUT2D eigenvalue weighted by Gasteiger charge is 2.13. The zero-order valence-corrected chi connectivity index (χ0v) is 7.52. The van der Waals surface area contributed by atoms with Crippen LogP contribution in [0.2, 0.25) is 0 Å². The minimum atomic E-state index is -1.11. The van der Waals surface area contributed by atoms with Crippen LogP contribution in [0.4, 0.5) is 5.82 Å². The van der Waals surface area contributed by atoms with E-state index in [-0.39, 0.29) is 11.4 Å². The van der Waals surface area contributed by atoms with Gasteiger partial charge in [-0.15, -0.1) is 0 Å². The van der Waals surface area contributed by atoms with Crippen molar-refractivity contribution < 1.29 is 14.7 Å². The third-order valence-electron chi connectivity index (χ3n) is 1.63. The van der Waals surface area contributed by atoms with E-state index in [9.17, 15) is 9.59 Å². The Bertz CT molecular complexity index is 371. The normalized spacial score (nSPS) is 9.79. The molecule has 76 valence electrons. The van der Waals surface area contributed by atoms with Crippen molar-refractivity contribution in [1.82, 2.24) is 15.1 Å². The van der Waals surface area contributed by atoms with Crippen LogP contribution in [0.5, 0.6) is 0 Å². The number of rotatable bonds is 3. The zero-order chi connectivity index (χ0) is 10.7. The fourth-order valence-electron chi connectivity index (χ4n) is 0.873. The molecule has 0 unspecified atom stereocenters. The molecule has 1 heterocycles. The third kappa shape index (κ3) is 2.00. The number of anilines is 1. The maximum atomic E-state index is 11.3. The van der Waals surface area contributed by atoms with Gasteiger partial charge in [-0.2, -0.15) is 5.10 Å². The molecule has 7 heteroatoms. The molecular weight excluding hydrogens is 188 g/mol. The molecule has 1 aromatic rings. The Kier molecular flexibility index (Phi) is 2.70. The van der Waals surface area contributed by atoms with Crippen LogP contribution in [-0.4, -0.2) is 33.3 Å². The van der Waals surface area contributed by atoms with Crippen LogP contribution in [-0.2, 0) is 11.8 Å². The zero-order valence-electron chi connectivity index (χ0n) is 7.52. The number of aliphatic carboxylic acids is 1. The number of carboxylic acids is 1. The average molecular weight is 198 g/mol. The van der Waals surface area contributed by atoms with Crippen molar-refractivity contribution in [3.8, 4) is 0 Å². The van der Waals surface area contributed by atoms with Crippen LogP contribution >= 0.6 is 0 Å². The summed E-state index contributed by atoms with van der Waals surface area (Å²) in [7, 11) is 1.59. The van der Waals surface area contributed by atoms with Crippen LogP contribution in [0.25, 0.3) is 0 Å². The fraction of sp³-hybridized carbons (Fsp3) is 0.286. The Morgan fingerprint density at radius 3 is 2.79 bits per heavy atom. The second kappa shape index (κ2) is 3.77. The van der Waals surface area contributed by atoms with Crippen molar-refractivity contribution >= 4 is 17.7 Å². The molecule has 0 aliphatic heterocycles. The highest BCUT2D eigenvalue weighted by atomic mass is 16.4. The smallest absolute Gasteiger partial charge is 0.322 e. The van der Waals surface area contributed by atoms with Crippen LogP contribution in [0.15, 0.2) is 6.20 Å². The summed E-state index contributed by atoms with van der Waals surface area (Å²) in [6, 6.07) is 0. The minimum absolute atomic E-state index is 0.175. The number of aryl methyl sites for hydroxylation is 1. The number of carbonyl (C=O) groups excluding carboxylic acids is 1. The second-order valence-electron chi connectivity index (χ2n) is 2.64. The molecule has 4 N–H and O–H groups in total. The van der Waals surface area contributed by atoms with Crippen LogP contribution in [0.1, 0.15) is 10.4 Å². The van der Waals surface area contributed by atoms with Gasteiger partial charge in [0.05, 0.1) is 6.20 Å². The van der Waals surface area contributed by atoms with E-state index in [4.69, 9.17) is 10.8 Å². The molecule has 14 heavy (non-hydrogen) atoms. The molecule has 7 nitrogen and oxygen atoms in total. The van der Waals surface area contributed by atoms with E-state index in [0.717, 1.165) is 0 Å². The molecule has 0 bridgehead atoms. The monoisotopic (exact) mass is 198 g/mol. The Labute approximate surface area is 79.5 Å². The van der Waals surface area contributed by atoms with Gasteiger partial charge in [0.2, 0.25) is 0 Å².